The van der Waals surface area contributed by atoms with Crippen LogP contribution in [0.2, 0.25) is 0 Å². The summed E-state index contributed by atoms with van der Waals surface area (Å²) in [5.41, 5.74) is 13.4. The first-order valence-electron chi connectivity index (χ1n) is 11.1. The van der Waals surface area contributed by atoms with E-state index in [1.807, 2.05) is 42.8 Å². The van der Waals surface area contributed by atoms with E-state index < -0.39 is 11.4 Å². The maximum atomic E-state index is 11.6. The molecular weight excluding hydrogens is 432 g/mol. The molecule has 0 unspecified atom stereocenters. The van der Waals surface area contributed by atoms with E-state index in [1.165, 1.54) is 6.21 Å². The number of quaternary nitrogens is 1. The lowest BCUT2D eigenvalue weighted by Gasteiger charge is -2.16. The van der Waals surface area contributed by atoms with Crippen LogP contribution in [0, 0.1) is 5.41 Å². The first-order valence-corrected chi connectivity index (χ1v) is 11.1. The lowest BCUT2D eigenvalue weighted by Crippen LogP contribution is -2.93. The number of nitrogens with zero attached hydrogens (tertiary/aromatic N) is 4. The quantitative estimate of drug-likeness (QED) is 0.358. The Labute approximate surface area is 199 Å². The number of hydrogen-bond acceptors (Lipinski definition) is 5. The van der Waals surface area contributed by atoms with Gasteiger partial charge in [0.25, 0.3) is 5.91 Å². The van der Waals surface area contributed by atoms with Crippen LogP contribution in [0.15, 0.2) is 40.6 Å². The van der Waals surface area contributed by atoms with Crippen molar-refractivity contribution in [3.63, 3.8) is 0 Å². The number of fused-ring (bicyclic) bond motifs is 3. The maximum absolute atomic E-state index is 11.6. The molecule has 1 aromatic heterocycles. The van der Waals surface area contributed by atoms with Gasteiger partial charge in [0.1, 0.15) is 30.1 Å². The molecule has 1 aliphatic rings. The second-order valence-electron chi connectivity index (χ2n) is 9.02. The molecule has 0 saturated carbocycles. The average Bonchev–Trinajstić information content (AvgIpc) is 3.09. The molecule has 2 aromatic rings. The van der Waals surface area contributed by atoms with Gasteiger partial charge in [-0.05, 0) is 52.3 Å². The van der Waals surface area contributed by atoms with Crippen LogP contribution in [-0.2, 0) is 11.3 Å². The van der Waals surface area contributed by atoms with Gasteiger partial charge in [-0.1, -0.05) is 6.07 Å². The normalized spacial score (nSPS) is 14.8. The number of nitrogens with two attached hydrogens (primary N) is 3. The number of benzene rings is 1. The SMILES string of the molecule is CC(N)=NC(=NC(C)C)c1cn2c(n1)-c1ccc(/C(C=N)=C/[NH2+]C(C)(C)C(N)=O)cc1OCC2. The van der Waals surface area contributed by atoms with Crippen molar-refractivity contribution in [1.82, 2.24) is 9.55 Å². The lowest BCUT2D eigenvalue weighted by molar-refractivity contribution is -0.644. The third-order valence-electron chi connectivity index (χ3n) is 5.28. The zero-order valence-corrected chi connectivity index (χ0v) is 20.3. The summed E-state index contributed by atoms with van der Waals surface area (Å²) in [6.45, 7) is 10.2. The number of allylic oxidation sites excluding steroid dienone is 1. The van der Waals surface area contributed by atoms with Crippen molar-refractivity contribution >= 4 is 29.4 Å². The van der Waals surface area contributed by atoms with E-state index in [2.05, 4.69) is 9.98 Å². The molecule has 1 aromatic carbocycles. The number of nitrogens with one attached hydrogen (secondary N) is 1. The molecule has 3 rings (SSSR count). The van der Waals surface area contributed by atoms with Gasteiger partial charge in [0.2, 0.25) is 0 Å². The molecule has 0 radical (unpaired) electrons. The van der Waals surface area contributed by atoms with Crippen molar-refractivity contribution in [1.29, 1.82) is 5.41 Å². The topological polar surface area (TPSA) is 161 Å². The number of aromatic nitrogens is 2. The summed E-state index contributed by atoms with van der Waals surface area (Å²) in [7, 11) is 0. The van der Waals surface area contributed by atoms with E-state index in [4.69, 9.17) is 26.6 Å². The summed E-state index contributed by atoms with van der Waals surface area (Å²) in [5, 5.41) is 9.56. The van der Waals surface area contributed by atoms with Crippen LogP contribution in [0.3, 0.4) is 0 Å². The number of imidazole rings is 1. The number of carbonyl (C=O) groups excluding carboxylic acids is 1. The van der Waals surface area contributed by atoms with Crippen LogP contribution in [0.4, 0.5) is 0 Å². The van der Waals surface area contributed by atoms with Crippen LogP contribution in [0.5, 0.6) is 5.75 Å². The number of rotatable bonds is 7. The second kappa shape index (κ2) is 10.0. The maximum Gasteiger partial charge on any atom is 0.278 e. The molecule has 7 N–H and O–H groups in total. The Balaban J connectivity index is 2.02. The van der Waals surface area contributed by atoms with Crippen molar-refractivity contribution in [3.8, 4) is 17.1 Å². The zero-order valence-electron chi connectivity index (χ0n) is 20.3. The molecule has 1 aliphatic heterocycles. The van der Waals surface area contributed by atoms with Gasteiger partial charge >= 0.3 is 0 Å². The monoisotopic (exact) mass is 465 g/mol. The van der Waals surface area contributed by atoms with Gasteiger partial charge in [-0.2, -0.15) is 0 Å². The number of aliphatic imine (C=N–C) groups is 2. The smallest absolute Gasteiger partial charge is 0.278 e. The van der Waals surface area contributed by atoms with Crippen molar-refractivity contribution in [2.75, 3.05) is 6.61 Å². The van der Waals surface area contributed by atoms with Crippen LogP contribution in [0.25, 0.3) is 17.0 Å². The van der Waals surface area contributed by atoms with Gasteiger partial charge in [0.05, 0.1) is 23.5 Å². The highest BCUT2D eigenvalue weighted by Crippen LogP contribution is 2.34. The van der Waals surface area contributed by atoms with Gasteiger partial charge in [-0.25, -0.2) is 9.98 Å². The number of amidine groups is 2. The Morgan fingerprint density at radius 3 is 2.71 bits per heavy atom. The minimum absolute atomic E-state index is 0.0421. The molecule has 1 amide bonds. The highest BCUT2D eigenvalue weighted by molar-refractivity contribution is 6.08. The Kier molecular flexibility index (Phi) is 7.31. The lowest BCUT2D eigenvalue weighted by atomic mass is 10.0. The van der Waals surface area contributed by atoms with E-state index in [-0.39, 0.29) is 6.04 Å². The number of carbonyl (C=O) groups is 1. The highest BCUT2D eigenvalue weighted by atomic mass is 16.5. The third kappa shape index (κ3) is 5.57. The van der Waals surface area contributed by atoms with E-state index in [0.29, 0.717) is 41.8 Å². The predicted octanol–water partition coefficient (Wildman–Crippen LogP) is 1.29. The van der Waals surface area contributed by atoms with E-state index in [1.54, 1.807) is 32.3 Å². The molecule has 0 fully saturated rings. The fourth-order valence-electron chi connectivity index (χ4n) is 3.34. The van der Waals surface area contributed by atoms with Gasteiger partial charge < -0.3 is 31.5 Å². The molecule has 34 heavy (non-hydrogen) atoms. The summed E-state index contributed by atoms with van der Waals surface area (Å²) in [5.74, 6) is 1.89. The Hall–Kier alpha value is -3.79. The van der Waals surface area contributed by atoms with Crippen LogP contribution >= 0.6 is 0 Å². The molecule has 2 heterocycles. The van der Waals surface area contributed by atoms with Gasteiger partial charge in [-0.15, -0.1) is 0 Å². The average molecular weight is 466 g/mol. The number of ether oxygens (including phenoxy) is 1. The number of amides is 1. The summed E-state index contributed by atoms with van der Waals surface area (Å²) in [6, 6.07) is 5.75. The Bertz CT molecular complexity index is 1180. The highest BCUT2D eigenvalue weighted by Gasteiger charge is 2.28. The first-order chi connectivity index (χ1) is 16.0. The predicted molar refractivity (Wildman–Crippen MR) is 134 cm³/mol. The molecule has 10 nitrogen and oxygen atoms in total. The molecule has 10 heteroatoms. The summed E-state index contributed by atoms with van der Waals surface area (Å²) < 4.78 is 8.03. The van der Waals surface area contributed by atoms with Crippen molar-refractivity contribution in [2.24, 2.45) is 21.5 Å². The largest absolute Gasteiger partial charge is 0.491 e. The van der Waals surface area contributed by atoms with Crippen LogP contribution in [-0.4, -0.2) is 51.5 Å². The van der Waals surface area contributed by atoms with E-state index in [9.17, 15) is 4.79 Å². The van der Waals surface area contributed by atoms with Gasteiger partial charge in [-0.3, -0.25) is 9.79 Å². The summed E-state index contributed by atoms with van der Waals surface area (Å²) in [4.78, 5) is 25.4. The zero-order chi connectivity index (χ0) is 25.0. The minimum Gasteiger partial charge on any atom is -0.491 e. The van der Waals surface area contributed by atoms with E-state index in [0.717, 1.165) is 17.0 Å². The molecule has 0 bridgehead atoms. The van der Waals surface area contributed by atoms with Crippen molar-refractivity contribution < 1.29 is 14.8 Å². The Morgan fingerprint density at radius 1 is 1.35 bits per heavy atom. The molecule has 0 spiro atoms. The number of hydrogen-bond donors (Lipinski definition) is 4. The van der Waals surface area contributed by atoms with Gasteiger partial charge in [0, 0.05) is 18.5 Å². The molecule has 180 valence electrons. The minimum atomic E-state index is -0.822. The molecule has 0 saturated heterocycles. The van der Waals surface area contributed by atoms with Crippen LogP contribution in [0.1, 0.15) is 45.9 Å². The summed E-state index contributed by atoms with van der Waals surface area (Å²) >= 11 is 0. The molecular formula is C24H33N8O2+. The van der Waals surface area contributed by atoms with Gasteiger partial charge in [0.15, 0.2) is 11.4 Å². The summed E-state index contributed by atoms with van der Waals surface area (Å²) in [6.07, 6.45) is 4.89. The fraction of sp³-hybridized carbons (Fsp3) is 0.375. The van der Waals surface area contributed by atoms with Crippen molar-refractivity contribution in [3.05, 3.63) is 41.9 Å². The standard InChI is InChI=1S/C24H32N8O2/c1-14(2)29-21(30-15(3)26)19-13-32-8-9-34-20-10-16(6-7-18(20)22(32)31-19)17(11-25)12-28-24(4,5)23(27)33/h6-7,10-14,25,28H,8-9H2,1-5H3,(H2,27,33)(H2,26,29,30)/p+1/b17-12+,25-11?. The third-order valence-corrected chi connectivity index (χ3v) is 5.28. The Morgan fingerprint density at radius 2 is 2.09 bits per heavy atom. The molecule has 0 aliphatic carbocycles. The van der Waals surface area contributed by atoms with Crippen LogP contribution < -0.4 is 21.5 Å². The molecule has 0 atom stereocenters. The first kappa shape index (κ1) is 24.8. The fourth-order valence-corrected chi connectivity index (χ4v) is 3.34. The second-order valence-corrected chi connectivity index (χ2v) is 9.02. The van der Waals surface area contributed by atoms with Crippen molar-refractivity contribution in [2.45, 2.75) is 52.7 Å². The number of primary amides is 1. The van der Waals surface area contributed by atoms with E-state index >= 15 is 0 Å².